The van der Waals surface area contributed by atoms with Crippen molar-refractivity contribution in [2.24, 2.45) is 0 Å². The summed E-state index contributed by atoms with van der Waals surface area (Å²) in [7, 11) is 1.56. The summed E-state index contributed by atoms with van der Waals surface area (Å²) in [6.45, 7) is 0.848. The average Bonchev–Trinajstić information content (AvgIpc) is 3.02. The lowest BCUT2D eigenvalue weighted by atomic mass is 9.98. The van der Waals surface area contributed by atoms with E-state index in [0.29, 0.717) is 45.3 Å². The zero-order valence-electron chi connectivity index (χ0n) is 23.8. The number of H-pyrrole nitrogens is 1. The maximum absolute atomic E-state index is 13.0. The number of carbonyl (C=O) groups is 3. The number of β-lactam (4-membered cyclic amide) rings is 1. The number of carbonyl (C=O) groups excluding carboxylic acids is 2. The molecule has 2 aliphatic rings. The highest BCUT2D eigenvalue weighted by Gasteiger charge is 2.56. The Morgan fingerprint density at radius 3 is 2.58 bits per heavy atom. The lowest BCUT2D eigenvalue weighted by Gasteiger charge is -2.51. The lowest BCUT2D eigenvalue weighted by molar-refractivity contribution is -0.160. The number of hydrogen-bond donors (Lipinski definition) is 3. The summed E-state index contributed by atoms with van der Waals surface area (Å²) in [6, 6.07) is 7.26. The maximum atomic E-state index is 13.0. The predicted molar refractivity (Wildman–Crippen MR) is 166 cm³/mol. The number of nitrogens with zero attached hydrogens (tertiary/aromatic N) is 2. The fourth-order valence-electron chi connectivity index (χ4n) is 4.78. The van der Waals surface area contributed by atoms with E-state index in [-0.39, 0.29) is 38.0 Å². The zero-order valence-corrected chi connectivity index (χ0v) is 26.1. The van der Waals surface area contributed by atoms with Crippen LogP contribution in [0.4, 0.5) is 0 Å². The number of amides is 2. The molecule has 1 aromatic heterocycles. The topological polar surface area (TPSA) is 169 Å². The molecule has 2 amide bonds. The number of aromatic nitrogens is 2. The van der Waals surface area contributed by atoms with Gasteiger partial charge >= 0.3 is 5.97 Å². The molecule has 1 fully saturated rings. The van der Waals surface area contributed by atoms with Crippen LogP contribution in [0.3, 0.4) is 0 Å². The molecule has 2 aromatic carbocycles. The number of benzene rings is 2. The Bertz CT molecular complexity index is 1700. The van der Waals surface area contributed by atoms with Crippen molar-refractivity contribution in [3.63, 3.8) is 0 Å². The number of nitrogens with one attached hydrogen (secondary N) is 2. The Kier molecular flexibility index (Phi) is 10.6. The first kappa shape index (κ1) is 32.7. The van der Waals surface area contributed by atoms with Crippen molar-refractivity contribution >= 4 is 63.7 Å². The average molecular weight is 680 g/mol. The molecule has 2 aliphatic heterocycles. The van der Waals surface area contributed by atoms with Crippen molar-refractivity contribution in [1.82, 2.24) is 20.2 Å². The van der Waals surface area contributed by atoms with Crippen LogP contribution in [0.5, 0.6) is 5.75 Å². The number of carboxylic acid groups (broad SMARTS) is 1. The first-order valence-electron chi connectivity index (χ1n) is 13.6. The van der Waals surface area contributed by atoms with E-state index in [2.05, 4.69) is 15.3 Å². The van der Waals surface area contributed by atoms with Crippen LogP contribution in [0.15, 0.2) is 52.2 Å². The number of ether oxygens (including phenoxy) is 4. The van der Waals surface area contributed by atoms with Crippen LogP contribution >= 0.6 is 35.0 Å². The molecule has 0 saturated carbocycles. The first-order valence-corrected chi connectivity index (χ1v) is 15.3. The van der Waals surface area contributed by atoms with Gasteiger partial charge in [-0.2, -0.15) is 0 Å². The molecule has 16 heteroatoms. The third-order valence-electron chi connectivity index (χ3n) is 6.91. The molecule has 45 heavy (non-hydrogen) atoms. The van der Waals surface area contributed by atoms with Crippen molar-refractivity contribution < 1.29 is 38.4 Å². The van der Waals surface area contributed by atoms with Crippen LogP contribution in [-0.4, -0.2) is 102 Å². The minimum absolute atomic E-state index is 0.185. The Hall–Kier alpha value is -3.66. The van der Waals surface area contributed by atoms with E-state index < -0.39 is 40.8 Å². The van der Waals surface area contributed by atoms with Gasteiger partial charge in [0, 0.05) is 22.7 Å². The second-order valence-corrected chi connectivity index (χ2v) is 11.8. The number of carboxylic acids is 1. The van der Waals surface area contributed by atoms with Crippen molar-refractivity contribution in [2.75, 3.05) is 46.8 Å². The number of methoxy groups -OCH3 is 1. The number of aliphatic carboxylic acids is 1. The summed E-state index contributed by atoms with van der Waals surface area (Å²) in [5.41, 5.74) is 0.679. The first-order chi connectivity index (χ1) is 21.7. The van der Waals surface area contributed by atoms with Crippen LogP contribution in [0.2, 0.25) is 10.0 Å². The van der Waals surface area contributed by atoms with E-state index in [4.69, 9.17) is 42.1 Å². The normalized spacial score (nSPS) is 19.1. The quantitative estimate of drug-likeness (QED) is 0.169. The lowest BCUT2D eigenvalue weighted by Crippen LogP contribution is -2.74. The van der Waals surface area contributed by atoms with Gasteiger partial charge in [0.25, 0.3) is 5.56 Å². The van der Waals surface area contributed by atoms with E-state index >= 15 is 0 Å². The molecule has 0 radical (unpaired) electrons. The highest BCUT2D eigenvalue weighted by atomic mass is 35.5. The third kappa shape index (κ3) is 7.43. The summed E-state index contributed by atoms with van der Waals surface area (Å²) in [5.74, 6) is -1.83. The monoisotopic (exact) mass is 678 g/mol. The van der Waals surface area contributed by atoms with Gasteiger partial charge in [0.05, 0.1) is 42.9 Å². The van der Waals surface area contributed by atoms with Crippen molar-refractivity contribution in [3.8, 4) is 17.1 Å². The van der Waals surface area contributed by atoms with Crippen LogP contribution in [0.1, 0.15) is 0 Å². The molecule has 1 saturated heterocycles. The van der Waals surface area contributed by atoms with Gasteiger partial charge in [-0.25, -0.2) is 9.78 Å². The van der Waals surface area contributed by atoms with Gasteiger partial charge in [0.2, 0.25) is 11.8 Å². The van der Waals surface area contributed by atoms with Gasteiger partial charge in [0.1, 0.15) is 36.2 Å². The minimum atomic E-state index is -1.31. The third-order valence-corrected chi connectivity index (χ3v) is 8.60. The molecular formula is C29H28Cl2N4O9S. The van der Waals surface area contributed by atoms with Gasteiger partial charge in [0.15, 0.2) is 6.04 Å². The molecule has 3 unspecified atom stereocenters. The van der Waals surface area contributed by atoms with Crippen LogP contribution in [-0.2, 0) is 28.6 Å². The molecule has 3 heterocycles. The number of rotatable bonds is 14. The Labute approximate surface area is 270 Å². The summed E-state index contributed by atoms with van der Waals surface area (Å²) in [5, 5.41) is 14.7. The molecule has 3 N–H and O–H groups in total. The van der Waals surface area contributed by atoms with Gasteiger partial charge in [-0.15, -0.1) is 11.8 Å². The summed E-state index contributed by atoms with van der Waals surface area (Å²) in [4.78, 5) is 58.9. The zero-order chi connectivity index (χ0) is 32.1. The van der Waals surface area contributed by atoms with E-state index in [1.807, 2.05) is 0 Å². The fourth-order valence-corrected chi connectivity index (χ4v) is 6.34. The van der Waals surface area contributed by atoms with Crippen molar-refractivity contribution in [1.29, 1.82) is 0 Å². The Morgan fingerprint density at radius 2 is 1.80 bits per heavy atom. The molecule has 13 nitrogen and oxygen atoms in total. The highest BCUT2D eigenvalue weighted by molar-refractivity contribution is 8.03. The van der Waals surface area contributed by atoms with Crippen LogP contribution < -0.4 is 15.6 Å². The Morgan fingerprint density at radius 1 is 1.07 bits per heavy atom. The fraction of sp³-hybridized carbons (Fsp3) is 0.345. The maximum Gasteiger partial charge on any atom is 0.330 e. The summed E-state index contributed by atoms with van der Waals surface area (Å²) in [6.07, 6.45) is 0. The number of fused-ring (bicyclic) bond motifs is 2. The molecule has 238 valence electrons. The highest BCUT2D eigenvalue weighted by Crippen LogP contribution is 2.40. The van der Waals surface area contributed by atoms with E-state index in [0.717, 1.165) is 0 Å². The molecule has 0 spiro atoms. The van der Waals surface area contributed by atoms with Crippen LogP contribution in [0, 0.1) is 0 Å². The van der Waals surface area contributed by atoms with E-state index in [1.54, 1.807) is 42.8 Å². The van der Waals surface area contributed by atoms with Gasteiger partial charge in [-0.1, -0.05) is 23.2 Å². The van der Waals surface area contributed by atoms with Crippen molar-refractivity contribution in [3.05, 3.63) is 67.8 Å². The molecular weight excluding hydrogens is 651 g/mol. The van der Waals surface area contributed by atoms with Gasteiger partial charge in [-0.05, 0) is 41.8 Å². The number of halogens is 2. The number of aromatic amines is 1. The van der Waals surface area contributed by atoms with Crippen LogP contribution in [0.25, 0.3) is 22.3 Å². The largest absolute Gasteiger partial charge is 0.488 e. The van der Waals surface area contributed by atoms with E-state index in [9.17, 15) is 24.3 Å². The van der Waals surface area contributed by atoms with Gasteiger partial charge in [-0.3, -0.25) is 14.4 Å². The summed E-state index contributed by atoms with van der Waals surface area (Å²) >= 11 is 13.5. The molecule has 0 bridgehead atoms. The van der Waals surface area contributed by atoms with Gasteiger partial charge < -0.3 is 39.3 Å². The number of thioether (sulfide) groups is 1. The summed E-state index contributed by atoms with van der Waals surface area (Å²) < 4.78 is 21.4. The second kappa shape index (κ2) is 14.6. The smallest absolute Gasteiger partial charge is 0.330 e. The minimum Gasteiger partial charge on any atom is -0.488 e. The Balaban J connectivity index is 1.25. The molecule has 5 rings (SSSR count). The number of hydrogen-bond acceptors (Lipinski definition) is 10. The molecule has 3 atom stereocenters. The molecule has 0 aliphatic carbocycles. The van der Waals surface area contributed by atoms with Crippen molar-refractivity contribution in [2.45, 2.75) is 17.5 Å². The molecule has 3 aromatic rings. The SMILES string of the molecule is COCCOCCOCC(=O)NC1C(=O)N2C(C(=O)O)C(COc3ccc(Cl)cc3-c3nc4ccc(Cl)cc4c(=O)[nH]3)=CSC12. The van der Waals surface area contributed by atoms with E-state index in [1.165, 1.54) is 22.7 Å². The standard InChI is InChI=1S/C29H28Cl2N4O9S/c1-41-6-7-42-8-9-43-13-22(36)33-23-27(38)35-24(29(39)40)15(14-45-28(23)35)12-44-21-5-3-17(31)11-19(21)25-32-20-4-2-16(30)10-18(20)26(37)34-25/h2-5,10-11,14,23-24,28H,6-9,12-13H2,1H3,(H,33,36)(H,39,40)(H,32,34,37). The second-order valence-electron chi connectivity index (χ2n) is 9.91. The predicted octanol–water partition coefficient (Wildman–Crippen LogP) is 2.69.